The van der Waals surface area contributed by atoms with Crippen LogP contribution in [0, 0.1) is 0 Å². The van der Waals surface area contributed by atoms with Crippen molar-refractivity contribution in [2.45, 2.75) is 57.9 Å². The fourth-order valence-electron chi connectivity index (χ4n) is 1.97. The molecule has 20 heavy (non-hydrogen) atoms. The van der Waals surface area contributed by atoms with E-state index >= 15 is 0 Å². The summed E-state index contributed by atoms with van der Waals surface area (Å²) in [5.41, 5.74) is -1.03. The second kappa shape index (κ2) is 5.02. The number of nitrogens with one attached hydrogen (secondary N) is 1. The molecule has 0 bridgehead atoms. The van der Waals surface area contributed by atoms with Gasteiger partial charge in [-0.1, -0.05) is 0 Å². The Hall–Kier alpha value is -1.11. The lowest BCUT2D eigenvalue weighted by Gasteiger charge is -2.43. The number of rotatable bonds is 3. The maximum Gasteiger partial charge on any atom is 0.246 e. The van der Waals surface area contributed by atoms with E-state index in [4.69, 9.17) is 0 Å². The van der Waals surface area contributed by atoms with E-state index in [0.717, 1.165) is 0 Å². The van der Waals surface area contributed by atoms with Crippen molar-refractivity contribution in [2.75, 3.05) is 12.3 Å². The maximum atomic E-state index is 12.2. The number of nitrogens with zero attached hydrogens (tertiary/aromatic N) is 1. The largest absolute Gasteiger partial charge is 0.343 e. The average molecular weight is 304 g/mol. The van der Waals surface area contributed by atoms with E-state index in [0.29, 0.717) is 0 Å². The monoisotopic (exact) mass is 304 g/mol. The fourth-order valence-corrected chi connectivity index (χ4v) is 3.01. The molecule has 2 amide bonds. The highest BCUT2D eigenvalue weighted by Crippen LogP contribution is 2.22. The van der Waals surface area contributed by atoms with Crippen LogP contribution in [0.25, 0.3) is 0 Å². The molecule has 0 radical (unpaired) electrons. The Morgan fingerprint density at radius 2 is 1.75 bits per heavy atom. The van der Waals surface area contributed by atoms with Crippen molar-refractivity contribution in [1.29, 1.82) is 0 Å². The molecule has 7 heteroatoms. The first-order chi connectivity index (χ1) is 8.80. The molecule has 0 aromatic carbocycles. The van der Waals surface area contributed by atoms with Crippen molar-refractivity contribution < 1.29 is 18.0 Å². The lowest BCUT2D eigenvalue weighted by atomic mass is 9.96. The van der Waals surface area contributed by atoms with Crippen LogP contribution in [0.3, 0.4) is 0 Å². The van der Waals surface area contributed by atoms with Gasteiger partial charge in [-0.3, -0.25) is 9.59 Å². The molecule has 1 saturated heterocycles. The summed E-state index contributed by atoms with van der Waals surface area (Å²) in [4.78, 5) is 25.5. The molecule has 1 aliphatic rings. The van der Waals surface area contributed by atoms with Crippen LogP contribution in [0.5, 0.6) is 0 Å². The Morgan fingerprint density at radius 1 is 1.25 bits per heavy atom. The van der Waals surface area contributed by atoms with Gasteiger partial charge in [-0.25, -0.2) is 8.42 Å². The third-order valence-electron chi connectivity index (χ3n) is 3.73. The molecule has 0 spiro atoms. The van der Waals surface area contributed by atoms with Crippen LogP contribution in [0.2, 0.25) is 0 Å². The zero-order chi connectivity index (χ0) is 15.9. The van der Waals surface area contributed by atoms with Gasteiger partial charge in [-0.05, 0) is 41.5 Å². The van der Waals surface area contributed by atoms with Crippen LogP contribution in [-0.2, 0) is 19.4 Å². The zero-order valence-corrected chi connectivity index (χ0v) is 13.8. The number of hydrogen-bond donors (Lipinski definition) is 1. The van der Waals surface area contributed by atoms with Gasteiger partial charge in [0.05, 0.1) is 10.5 Å². The van der Waals surface area contributed by atoms with Gasteiger partial charge in [0.2, 0.25) is 11.8 Å². The molecule has 0 aromatic rings. The number of carbonyl (C=O) groups excluding carboxylic acids is 2. The van der Waals surface area contributed by atoms with E-state index in [1.807, 2.05) is 0 Å². The Bertz CT molecular complexity index is 517. The molecule has 0 aromatic heterocycles. The van der Waals surface area contributed by atoms with Crippen molar-refractivity contribution in [3.8, 4) is 0 Å². The van der Waals surface area contributed by atoms with Gasteiger partial charge >= 0.3 is 0 Å². The Labute approximate surface area is 120 Å². The van der Waals surface area contributed by atoms with Crippen LogP contribution in [0.1, 0.15) is 41.5 Å². The summed E-state index contributed by atoms with van der Waals surface area (Å²) in [6, 6.07) is -0.618. The number of hydrogen-bond acceptors (Lipinski definition) is 4. The summed E-state index contributed by atoms with van der Waals surface area (Å²) in [5.74, 6) is -0.664. The molecular formula is C13H24N2O4S. The Balaban J connectivity index is 2.95. The SMILES string of the molecule is CC1NC(=O)C(C)(C)N(CCS(=O)(=O)C(C)(C)C)C1=O. The van der Waals surface area contributed by atoms with Crippen molar-refractivity contribution in [3.05, 3.63) is 0 Å². The first kappa shape index (κ1) is 16.9. The highest BCUT2D eigenvalue weighted by molar-refractivity contribution is 7.92. The van der Waals surface area contributed by atoms with Crippen molar-refractivity contribution in [3.63, 3.8) is 0 Å². The summed E-state index contributed by atoms with van der Waals surface area (Å²) in [6.07, 6.45) is 0. The van der Waals surface area contributed by atoms with Gasteiger partial charge < -0.3 is 10.2 Å². The van der Waals surface area contributed by atoms with E-state index in [2.05, 4.69) is 5.32 Å². The van der Waals surface area contributed by atoms with E-state index in [-0.39, 0.29) is 24.1 Å². The van der Waals surface area contributed by atoms with Crippen LogP contribution < -0.4 is 5.32 Å². The molecule has 0 aliphatic carbocycles. The minimum Gasteiger partial charge on any atom is -0.343 e. The summed E-state index contributed by atoms with van der Waals surface area (Å²) >= 11 is 0. The molecule has 0 saturated carbocycles. The van der Waals surface area contributed by atoms with Gasteiger partial charge in [-0.15, -0.1) is 0 Å². The highest BCUT2D eigenvalue weighted by Gasteiger charge is 2.45. The van der Waals surface area contributed by atoms with Crippen LogP contribution in [0.15, 0.2) is 0 Å². The number of amides is 2. The molecule has 116 valence electrons. The summed E-state index contributed by atoms with van der Waals surface area (Å²) < 4.78 is 23.4. The average Bonchev–Trinajstić information content (AvgIpc) is 2.24. The third kappa shape index (κ3) is 2.97. The lowest BCUT2D eigenvalue weighted by Crippen LogP contribution is -2.68. The third-order valence-corrected chi connectivity index (χ3v) is 6.32. The highest BCUT2D eigenvalue weighted by atomic mass is 32.2. The van der Waals surface area contributed by atoms with E-state index in [9.17, 15) is 18.0 Å². The minimum absolute atomic E-state index is 0.0309. The Kier molecular flexibility index (Phi) is 4.25. The molecule has 1 fully saturated rings. The minimum atomic E-state index is -3.33. The number of piperazine rings is 1. The Morgan fingerprint density at radius 3 is 2.20 bits per heavy atom. The summed E-state index contributed by atoms with van der Waals surface area (Å²) in [6.45, 7) is 9.75. The topological polar surface area (TPSA) is 83.6 Å². The van der Waals surface area contributed by atoms with Gasteiger partial charge in [0, 0.05) is 6.54 Å². The smallest absolute Gasteiger partial charge is 0.246 e. The first-order valence-corrected chi connectivity index (χ1v) is 8.30. The second-order valence-corrected chi connectivity index (χ2v) is 9.54. The standard InChI is InChI=1S/C13H24N2O4S/c1-9-10(16)15(13(5,6)11(17)14-9)7-8-20(18,19)12(2,3)4/h9H,7-8H2,1-6H3,(H,14,17). The lowest BCUT2D eigenvalue weighted by molar-refractivity contribution is -0.154. The van der Waals surface area contributed by atoms with Gasteiger partial charge in [0.25, 0.3) is 0 Å². The van der Waals surface area contributed by atoms with E-state index in [1.54, 1.807) is 41.5 Å². The zero-order valence-electron chi connectivity index (χ0n) is 13.0. The van der Waals surface area contributed by atoms with Gasteiger partial charge in [-0.2, -0.15) is 0 Å². The molecule has 1 rings (SSSR count). The van der Waals surface area contributed by atoms with E-state index < -0.39 is 26.2 Å². The molecular weight excluding hydrogens is 280 g/mol. The van der Waals surface area contributed by atoms with Crippen molar-refractivity contribution in [2.24, 2.45) is 0 Å². The fraction of sp³-hybridized carbons (Fsp3) is 0.846. The molecule has 1 N–H and O–H groups in total. The van der Waals surface area contributed by atoms with Crippen LogP contribution in [0.4, 0.5) is 0 Å². The maximum absolute atomic E-state index is 12.2. The molecule has 1 atom stereocenters. The quantitative estimate of drug-likeness (QED) is 0.814. The van der Waals surface area contributed by atoms with Crippen LogP contribution >= 0.6 is 0 Å². The van der Waals surface area contributed by atoms with Gasteiger partial charge in [0.15, 0.2) is 9.84 Å². The summed E-state index contributed by atoms with van der Waals surface area (Å²) in [7, 11) is -3.33. The molecule has 6 nitrogen and oxygen atoms in total. The molecule has 1 heterocycles. The summed E-state index contributed by atoms with van der Waals surface area (Å²) in [5, 5.41) is 2.60. The molecule has 1 unspecified atom stereocenters. The predicted octanol–water partition coefficient (Wildman–Crippen LogP) is 0.325. The van der Waals surface area contributed by atoms with Crippen molar-refractivity contribution >= 4 is 21.7 Å². The number of sulfone groups is 1. The first-order valence-electron chi connectivity index (χ1n) is 6.65. The molecule has 1 aliphatic heterocycles. The van der Waals surface area contributed by atoms with Crippen molar-refractivity contribution in [1.82, 2.24) is 10.2 Å². The second-order valence-electron chi connectivity index (χ2n) is 6.68. The van der Waals surface area contributed by atoms with Crippen LogP contribution in [-0.4, -0.2) is 53.8 Å². The van der Waals surface area contributed by atoms with Gasteiger partial charge in [0.1, 0.15) is 11.6 Å². The normalized spacial score (nSPS) is 23.7. The van der Waals surface area contributed by atoms with E-state index in [1.165, 1.54) is 4.90 Å². The predicted molar refractivity (Wildman–Crippen MR) is 76.9 cm³/mol. The number of carbonyl (C=O) groups is 2.